The molecule has 1 amide bonds. The largest absolute Gasteiger partial charge is 0.467 e. The summed E-state index contributed by atoms with van der Waals surface area (Å²) in [5.41, 5.74) is 0.296. The van der Waals surface area contributed by atoms with Crippen molar-refractivity contribution in [3.63, 3.8) is 0 Å². The zero-order valence-electron chi connectivity index (χ0n) is 13.0. The number of aliphatic hydroxyl groups excluding tert-OH is 1. The van der Waals surface area contributed by atoms with Crippen LogP contribution in [0.15, 0.2) is 29.2 Å². The lowest BCUT2D eigenvalue weighted by Gasteiger charge is -2.19. The summed E-state index contributed by atoms with van der Waals surface area (Å²) in [5, 5.41) is 20.3. The molecule has 0 bridgehead atoms. The molecule has 0 aliphatic heterocycles. The predicted molar refractivity (Wildman–Crippen MR) is 82.0 cm³/mol. The lowest BCUT2D eigenvalue weighted by atomic mass is 10.2. The molecule has 1 rings (SSSR count). The van der Waals surface area contributed by atoms with E-state index in [-0.39, 0.29) is 4.90 Å². The Morgan fingerprint density at radius 2 is 1.92 bits per heavy atom. The van der Waals surface area contributed by atoms with Gasteiger partial charge in [-0.1, -0.05) is 0 Å². The van der Waals surface area contributed by atoms with Crippen LogP contribution in [0.4, 0.5) is 0 Å². The van der Waals surface area contributed by atoms with Gasteiger partial charge < -0.3 is 15.2 Å². The Hall–Kier alpha value is -2.48. The summed E-state index contributed by atoms with van der Waals surface area (Å²) in [6, 6.07) is 5.67. The number of rotatable bonds is 7. The van der Waals surface area contributed by atoms with Gasteiger partial charge in [-0.3, -0.25) is 4.79 Å². The van der Waals surface area contributed by atoms with Gasteiger partial charge in [0, 0.05) is 0 Å². The second-order valence-electron chi connectivity index (χ2n) is 4.77. The molecular formula is C14H17N3O6S. The highest BCUT2D eigenvalue weighted by Gasteiger charge is 2.26. The molecule has 24 heavy (non-hydrogen) atoms. The molecule has 1 aromatic rings. The zero-order valence-corrected chi connectivity index (χ0v) is 13.8. The molecule has 0 fully saturated rings. The first-order chi connectivity index (χ1) is 11.2. The predicted octanol–water partition coefficient (Wildman–Crippen LogP) is -1.12. The standard InChI is InChI=1S/C14H17N3O6S/c1-9(18)13(14(20)23-2)17-12(19)8-16-24(21,22)11-5-3-10(7-15)4-6-11/h3-6,9,13,16,18H,8H2,1-2H3,(H,17,19). The monoisotopic (exact) mass is 355 g/mol. The molecule has 0 heterocycles. The normalized spacial score (nSPS) is 13.4. The number of hydrogen-bond acceptors (Lipinski definition) is 7. The van der Waals surface area contributed by atoms with Crippen LogP contribution in [0.3, 0.4) is 0 Å². The van der Waals surface area contributed by atoms with Crippen molar-refractivity contribution < 1.29 is 27.9 Å². The summed E-state index contributed by atoms with van der Waals surface area (Å²) in [5.74, 6) is -1.67. The molecule has 10 heteroatoms. The quantitative estimate of drug-likeness (QED) is 0.525. The molecule has 0 saturated heterocycles. The van der Waals surface area contributed by atoms with E-state index in [1.165, 1.54) is 31.2 Å². The fourth-order valence-corrected chi connectivity index (χ4v) is 2.66. The maximum atomic E-state index is 12.0. The van der Waals surface area contributed by atoms with Gasteiger partial charge in [0.1, 0.15) is 0 Å². The Morgan fingerprint density at radius 3 is 2.38 bits per heavy atom. The molecule has 0 radical (unpaired) electrons. The van der Waals surface area contributed by atoms with Crippen LogP contribution in [0.2, 0.25) is 0 Å². The number of amides is 1. The Morgan fingerprint density at radius 1 is 1.33 bits per heavy atom. The number of esters is 1. The van der Waals surface area contributed by atoms with Crippen molar-refractivity contribution >= 4 is 21.9 Å². The molecule has 0 saturated carbocycles. The van der Waals surface area contributed by atoms with Crippen molar-refractivity contribution in [3.8, 4) is 6.07 Å². The van der Waals surface area contributed by atoms with Crippen LogP contribution in [0, 0.1) is 11.3 Å². The third kappa shape index (κ3) is 5.31. The maximum absolute atomic E-state index is 12.0. The third-order valence-corrected chi connectivity index (χ3v) is 4.39. The van der Waals surface area contributed by atoms with Gasteiger partial charge in [-0.25, -0.2) is 17.9 Å². The third-order valence-electron chi connectivity index (χ3n) is 2.97. The van der Waals surface area contributed by atoms with E-state index in [9.17, 15) is 23.1 Å². The fourth-order valence-electron chi connectivity index (χ4n) is 1.68. The van der Waals surface area contributed by atoms with E-state index >= 15 is 0 Å². The van der Waals surface area contributed by atoms with Crippen LogP contribution in [0.5, 0.6) is 0 Å². The fraction of sp³-hybridized carbons (Fsp3) is 0.357. The highest BCUT2D eigenvalue weighted by molar-refractivity contribution is 7.89. The molecule has 3 N–H and O–H groups in total. The molecule has 9 nitrogen and oxygen atoms in total. The lowest BCUT2D eigenvalue weighted by Crippen LogP contribution is -2.50. The Balaban J connectivity index is 2.71. The second kappa shape index (κ2) is 8.39. The minimum Gasteiger partial charge on any atom is -0.467 e. The van der Waals surface area contributed by atoms with Gasteiger partial charge in [-0.15, -0.1) is 0 Å². The Labute approximate surface area is 139 Å². The van der Waals surface area contributed by atoms with Gasteiger partial charge in [0.25, 0.3) is 0 Å². The first-order valence-corrected chi connectivity index (χ1v) is 8.24. The molecule has 0 aliphatic carbocycles. The second-order valence-corrected chi connectivity index (χ2v) is 6.54. The zero-order chi connectivity index (χ0) is 18.3. The van der Waals surface area contributed by atoms with Crippen molar-refractivity contribution in [2.24, 2.45) is 0 Å². The van der Waals surface area contributed by atoms with E-state index < -0.39 is 40.6 Å². The number of nitrogens with zero attached hydrogens (tertiary/aromatic N) is 1. The van der Waals surface area contributed by atoms with Crippen LogP contribution in [-0.2, 0) is 24.3 Å². The lowest BCUT2D eigenvalue weighted by molar-refractivity contribution is -0.147. The summed E-state index contributed by atoms with van der Waals surface area (Å²) in [4.78, 5) is 23.1. The van der Waals surface area contributed by atoms with Gasteiger partial charge in [-0.05, 0) is 31.2 Å². The van der Waals surface area contributed by atoms with Crippen molar-refractivity contribution in [2.75, 3.05) is 13.7 Å². The molecule has 2 atom stereocenters. The number of sulfonamides is 1. The minimum atomic E-state index is -3.96. The van der Waals surface area contributed by atoms with E-state index in [1.807, 2.05) is 6.07 Å². The first kappa shape index (κ1) is 19.6. The van der Waals surface area contributed by atoms with Gasteiger partial charge in [0.05, 0.1) is 36.3 Å². The van der Waals surface area contributed by atoms with Crippen LogP contribution in [0.25, 0.3) is 0 Å². The van der Waals surface area contributed by atoms with E-state index in [0.29, 0.717) is 5.56 Å². The minimum absolute atomic E-state index is 0.116. The summed E-state index contributed by atoms with van der Waals surface area (Å²) >= 11 is 0. The van der Waals surface area contributed by atoms with Gasteiger partial charge >= 0.3 is 5.97 Å². The highest BCUT2D eigenvalue weighted by Crippen LogP contribution is 2.09. The Bertz CT molecular complexity index is 737. The van der Waals surface area contributed by atoms with Gasteiger partial charge in [-0.2, -0.15) is 5.26 Å². The van der Waals surface area contributed by atoms with Crippen LogP contribution >= 0.6 is 0 Å². The summed E-state index contributed by atoms with van der Waals surface area (Å²) in [7, 11) is -2.87. The summed E-state index contributed by atoms with van der Waals surface area (Å²) in [6.07, 6.45) is -1.21. The van der Waals surface area contributed by atoms with E-state index in [4.69, 9.17) is 5.26 Å². The van der Waals surface area contributed by atoms with Gasteiger partial charge in [0.2, 0.25) is 15.9 Å². The smallest absolute Gasteiger partial charge is 0.331 e. The van der Waals surface area contributed by atoms with Crippen LogP contribution in [-0.4, -0.2) is 51.2 Å². The first-order valence-electron chi connectivity index (χ1n) is 6.76. The van der Waals surface area contributed by atoms with Crippen molar-refractivity contribution in [1.29, 1.82) is 5.26 Å². The SMILES string of the molecule is COC(=O)C(NC(=O)CNS(=O)(=O)c1ccc(C#N)cc1)C(C)O. The molecule has 130 valence electrons. The molecular weight excluding hydrogens is 338 g/mol. The van der Waals surface area contributed by atoms with E-state index in [0.717, 1.165) is 7.11 Å². The van der Waals surface area contributed by atoms with E-state index in [1.54, 1.807) is 0 Å². The number of benzene rings is 1. The van der Waals surface area contributed by atoms with Gasteiger partial charge in [0.15, 0.2) is 6.04 Å². The number of nitriles is 1. The topological polar surface area (TPSA) is 146 Å². The molecule has 1 aromatic carbocycles. The molecule has 0 aliphatic rings. The van der Waals surface area contributed by atoms with Crippen molar-refractivity contribution in [2.45, 2.75) is 24.0 Å². The van der Waals surface area contributed by atoms with Crippen molar-refractivity contribution in [3.05, 3.63) is 29.8 Å². The average molecular weight is 355 g/mol. The van der Waals surface area contributed by atoms with Crippen LogP contribution < -0.4 is 10.0 Å². The maximum Gasteiger partial charge on any atom is 0.331 e. The number of ether oxygens (including phenoxy) is 1. The molecule has 2 unspecified atom stereocenters. The van der Waals surface area contributed by atoms with Crippen molar-refractivity contribution in [1.82, 2.24) is 10.0 Å². The average Bonchev–Trinajstić information content (AvgIpc) is 2.57. The molecule has 0 spiro atoms. The Kier molecular flexibility index (Phi) is 6.84. The van der Waals surface area contributed by atoms with E-state index in [2.05, 4.69) is 14.8 Å². The number of methoxy groups -OCH3 is 1. The van der Waals surface area contributed by atoms with Crippen LogP contribution in [0.1, 0.15) is 12.5 Å². The number of carbonyl (C=O) groups excluding carboxylic acids is 2. The number of nitrogens with one attached hydrogen (secondary N) is 2. The summed E-state index contributed by atoms with van der Waals surface area (Å²) < 4.78 is 30.6. The highest BCUT2D eigenvalue weighted by atomic mass is 32.2. The number of hydrogen-bond donors (Lipinski definition) is 3. The number of carbonyl (C=O) groups is 2. The summed E-state index contributed by atoms with van der Waals surface area (Å²) in [6.45, 7) is 0.644. The number of aliphatic hydroxyl groups is 1. The molecule has 0 aromatic heterocycles.